The summed E-state index contributed by atoms with van der Waals surface area (Å²) >= 11 is 0. The Labute approximate surface area is 176 Å². The van der Waals surface area contributed by atoms with Gasteiger partial charge in [-0.1, -0.05) is 45.0 Å². The number of rotatable bonds is 6. The maximum atomic E-state index is 12.8. The molecule has 0 radical (unpaired) electrons. The minimum atomic E-state index is -4.46. The molecule has 2 rings (SSSR count). The summed E-state index contributed by atoms with van der Waals surface area (Å²) in [7, 11) is -8.23. The molecule has 0 saturated heterocycles. The fourth-order valence-corrected chi connectivity index (χ4v) is 4.17. The smallest absolute Gasteiger partial charge is 0.382 e. The highest BCUT2D eigenvalue weighted by atomic mass is 32.2. The second-order valence-corrected chi connectivity index (χ2v) is 11.2. The molecule has 0 heterocycles. The molecule has 0 fully saturated rings. The van der Waals surface area contributed by atoms with Crippen molar-refractivity contribution in [3.8, 4) is 5.75 Å². The van der Waals surface area contributed by atoms with Crippen LogP contribution in [0.3, 0.4) is 0 Å². The molecule has 0 amide bonds. The summed E-state index contributed by atoms with van der Waals surface area (Å²) in [4.78, 5) is 15.1. The third-order valence-corrected chi connectivity index (χ3v) is 7.09. The first-order valence-electron chi connectivity index (χ1n) is 8.96. The summed E-state index contributed by atoms with van der Waals surface area (Å²) in [6.45, 7) is 7.38. The van der Waals surface area contributed by atoms with Crippen molar-refractivity contribution in [3.05, 3.63) is 65.2 Å². The maximum absolute atomic E-state index is 12.8. The number of benzene rings is 2. The molecular weight excluding hydrogens is 428 g/mol. The van der Waals surface area contributed by atoms with Gasteiger partial charge in [0.2, 0.25) is 0 Å². The van der Waals surface area contributed by atoms with Crippen molar-refractivity contribution in [2.45, 2.75) is 38.0 Å². The first-order valence-corrected chi connectivity index (χ1v) is 12.0. The van der Waals surface area contributed by atoms with Gasteiger partial charge in [0, 0.05) is 5.56 Å². The first-order chi connectivity index (χ1) is 13.8. The van der Waals surface area contributed by atoms with E-state index in [9.17, 15) is 27.2 Å². The number of hydrogen-bond acceptors (Lipinski definition) is 6. The average Bonchev–Trinajstić information content (AvgIpc) is 2.68. The van der Waals surface area contributed by atoms with Crippen LogP contribution in [0.5, 0.6) is 5.75 Å². The van der Waals surface area contributed by atoms with Crippen molar-refractivity contribution in [3.63, 3.8) is 0 Å². The summed E-state index contributed by atoms with van der Waals surface area (Å²) in [5.74, 6) is -1.30. The number of ketones is 1. The van der Waals surface area contributed by atoms with E-state index in [1.807, 2.05) is 20.8 Å². The van der Waals surface area contributed by atoms with Crippen LogP contribution < -0.4 is 4.18 Å². The molecule has 0 aliphatic carbocycles. The number of carbonyl (C=O) groups excluding carboxylic acids is 1. The Bertz CT molecular complexity index is 1200. The molecule has 160 valence electrons. The zero-order valence-corrected chi connectivity index (χ0v) is 18.6. The molecule has 2 aromatic rings. The Balaban J connectivity index is 2.35. The summed E-state index contributed by atoms with van der Waals surface area (Å²) in [5.41, 5.74) is 10.1. The van der Waals surface area contributed by atoms with Crippen molar-refractivity contribution < 1.29 is 30.6 Å². The molecular formula is C20H22N2O6S2. The molecule has 0 aliphatic rings. The monoisotopic (exact) mass is 450 g/mol. The molecule has 0 aliphatic heterocycles. The Morgan fingerprint density at radius 2 is 1.50 bits per heavy atom. The van der Waals surface area contributed by atoms with Gasteiger partial charge in [-0.2, -0.15) is 8.42 Å². The number of nitrogens with zero attached hydrogens (tertiary/aromatic N) is 2. The van der Waals surface area contributed by atoms with Crippen molar-refractivity contribution in [1.29, 1.82) is 0 Å². The third kappa shape index (κ3) is 5.21. The van der Waals surface area contributed by atoms with Gasteiger partial charge >= 0.3 is 15.2 Å². The number of Topliss-reactive ketones (excluding diaryl/α,β-unsaturated/α-hetero) is 1. The summed E-state index contributed by atoms with van der Waals surface area (Å²) in [6, 6.07) is 10.8. The molecule has 0 aromatic heterocycles. The van der Waals surface area contributed by atoms with Crippen LogP contribution in [0.15, 0.2) is 53.4 Å². The molecule has 0 unspecified atom stereocenters. The van der Waals surface area contributed by atoms with E-state index >= 15 is 0 Å². The first kappa shape index (κ1) is 23.5. The topological polar surface area (TPSA) is 131 Å². The molecule has 30 heavy (non-hydrogen) atoms. The second-order valence-electron chi connectivity index (χ2n) is 7.47. The average molecular weight is 451 g/mol. The summed E-state index contributed by atoms with van der Waals surface area (Å²) < 4.78 is 53.4. The Kier molecular flexibility index (Phi) is 6.66. The van der Waals surface area contributed by atoms with Crippen LogP contribution in [-0.4, -0.2) is 38.2 Å². The highest BCUT2D eigenvalue weighted by Gasteiger charge is 2.38. The Hall–Kier alpha value is -2.81. The lowest BCUT2D eigenvalue weighted by molar-refractivity contribution is -0.00158. The normalized spacial score (nSPS) is 12.1. The molecule has 0 N–H and O–H groups in total. The van der Waals surface area contributed by atoms with Crippen LogP contribution in [0.25, 0.3) is 5.53 Å². The lowest BCUT2D eigenvalue weighted by atomic mass is 9.86. The van der Waals surface area contributed by atoms with Gasteiger partial charge < -0.3 is 9.71 Å². The van der Waals surface area contributed by atoms with E-state index in [2.05, 4.69) is 4.79 Å². The van der Waals surface area contributed by atoms with Gasteiger partial charge in [0.25, 0.3) is 15.6 Å². The van der Waals surface area contributed by atoms with E-state index in [1.54, 1.807) is 12.1 Å². The summed E-state index contributed by atoms with van der Waals surface area (Å²) in [6.07, 6.45) is 0. The highest BCUT2D eigenvalue weighted by Crippen LogP contribution is 2.24. The van der Waals surface area contributed by atoms with Gasteiger partial charge in [0.05, 0.1) is 10.6 Å². The standard InChI is InChI=1S/C20H22N2O6S2/c1-5-29(24,25)28-16-10-12-17(13-11-16)30(26,27)19(22-21)18(23)14-6-8-15(9-7-14)20(2,3)4/h6-13H,5H2,1-4H3. The number of carbonyl (C=O) groups is 1. The van der Waals surface area contributed by atoms with Crippen LogP contribution in [0, 0.1) is 0 Å². The van der Waals surface area contributed by atoms with Gasteiger partial charge in [-0.3, -0.25) is 4.79 Å². The van der Waals surface area contributed by atoms with Crippen LogP contribution in [0.1, 0.15) is 43.6 Å². The van der Waals surface area contributed by atoms with Crippen molar-refractivity contribution >= 4 is 30.8 Å². The van der Waals surface area contributed by atoms with Crippen molar-refractivity contribution in [2.24, 2.45) is 0 Å². The van der Waals surface area contributed by atoms with E-state index in [0.29, 0.717) is 0 Å². The van der Waals surface area contributed by atoms with Gasteiger partial charge in [-0.25, -0.2) is 8.42 Å². The Morgan fingerprint density at radius 1 is 0.967 bits per heavy atom. The quantitative estimate of drug-likeness (QED) is 0.166. The van der Waals surface area contributed by atoms with Crippen molar-refractivity contribution in [2.75, 3.05) is 5.75 Å². The predicted octanol–water partition coefficient (Wildman–Crippen LogP) is 3.00. The van der Waals surface area contributed by atoms with Gasteiger partial charge in [-0.05, 0) is 42.2 Å². The Morgan fingerprint density at radius 3 is 1.93 bits per heavy atom. The van der Waals surface area contributed by atoms with Crippen LogP contribution in [0.4, 0.5) is 0 Å². The van der Waals surface area contributed by atoms with Crippen molar-refractivity contribution in [1.82, 2.24) is 0 Å². The predicted molar refractivity (Wildman–Crippen MR) is 112 cm³/mol. The fraction of sp³-hybridized carbons (Fsp3) is 0.300. The summed E-state index contributed by atoms with van der Waals surface area (Å²) in [5, 5.41) is -1.04. The number of hydrogen-bond donors (Lipinski definition) is 0. The van der Waals surface area contributed by atoms with Gasteiger partial charge in [0.1, 0.15) is 5.75 Å². The van der Waals surface area contributed by atoms with E-state index < -0.39 is 30.8 Å². The van der Waals surface area contributed by atoms with E-state index in [0.717, 1.165) is 29.8 Å². The lowest BCUT2D eigenvalue weighted by Crippen LogP contribution is -2.26. The largest absolute Gasteiger partial charge is 0.456 e. The van der Waals surface area contributed by atoms with E-state index in [1.165, 1.54) is 19.1 Å². The number of sulfone groups is 1. The van der Waals surface area contributed by atoms with Gasteiger partial charge in [-0.15, -0.1) is 4.79 Å². The molecule has 0 atom stereocenters. The zero-order valence-electron chi connectivity index (χ0n) is 17.0. The SMILES string of the molecule is CCS(=O)(=O)Oc1ccc(S(=O)(=O)C(=[N+]=[N-])C(=O)c2ccc(C(C)(C)C)cc2)cc1. The molecule has 10 heteroatoms. The van der Waals surface area contributed by atoms with E-state index in [-0.39, 0.29) is 27.4 Å². The molecule has 0 saturated carbocycles. The zero-order chi connectivity index (χ0) is 22.7. The van der Waals surface area contributed by atoms with Crippen LogP contribution >= 0.6 is 0 Å². The minimum Gasteiger partial charge on any atom is -0.382 e. The second kappa shape index (κ2) is 8.51. The molecule has 2 aromatic carbocycles. The van der Waals surface area contributed by atoms with Crippen LogP contribution in [0.2, 0.25) is 0 Å². The minimum absolute atomic E-state index is 0.0494. The maximum Gasteiger partial charge on any atom is 0.456 e. The van der Waals surface area contributed by atoms with Gasteiger partial charge in [0.15, 0.2) is 0 Å². The molecule has 8 nitrogen and oxygen atoms in total. The van der Waals surface area contributed by atoms with Crippen LogP contribution in [-0.2, 0) is 25.4 Å². The van der Waals surface area contributed by atoms with E-state index in [4.69, 9.17) is 4.18 Å². The third-order valence-electron chi connectivity index (χ3n) is 4.26. The molecule has 0 bridgehead atoms. The fourth-order valence-electron chi connectivity index (χ4n) is 2.46. The molecule has 0 spiro atoms. The lowest BCUT2D eigenvalue weighted by Gasteiger charge is -2.18. The highest BCUT2D eigenvalue weighted by molar-refractivity contribution is 8.08.